The van der Waals surface area contributed by atoms with Gasteiger partial charge in [-0.2, -0.15) is 0 Å². The van der Waals surface area contributed by atoms with Crippen molar-refractivity contribution in [1.29, 1.82) is 0 Å². The van der Waals surface area contributed by atoms with Crippen LogP contribution in [0.5, 0.6) is 17.2 Å². The van der Waals surface area contributed by atoms with Crippen LogP contribution in [-0.2, 0) is 0 Å². The molecule has 8 heteroatoms. The van der Waals surface area contributed by atoms with E-state index in [1.54, 1.807) is 36.5 Å². The highest BCUT2D eigenvalue weighted by Crippen LogP contribution is 2.34. The first kappa shape index (κ1) is 19.0. The van der Waals surface area contributed by atoms with Gasteiger partial charge in [0.1, 0.15) is 27.9 Å². The molecule has 2 heterocycles. The molecule has 0 unspecified atom stereocenters. The fourth-order valence-electron chi connectivity index (χ4n) is 2.62. The number of hydrogen-bond acceptors (Lipinski definition) is 6. The lowest BCUT2D eigenvalue weighted by Crippen LogP contribution is -2.46. The number of pyridine rings is 1. The molecule has 0 aliphatic carbocycles. The summed E-state index contributed by atoms with van der Waals surface area (Å²) < 4.78 is 15.9. The summed E-state index contributed by atoms with van der Waals surface area (Å²) in [5, 5.41) is 0.166. The van der Waals surface area contributed by atoms with Crippen LogP contribution in [-0.4, -0.2) is 36.3 Å². The minimum atomic E-state index is -0.471. The summed E-state index contributed by atoms with van der Waals surface area (Å²) in [6.45, 7) is 0. The molecule has 0 saturated carbocycles. The van der Waals surface area contributed by atoms with Crippen molar-refractivity contribution in [3.05, 3.63) is 79.2 Å². The zero-order valence-corrected chi connectivity index (χ0v) is 15.6. The molecule has 28 heavy (non-hydrogen) atoms. The van der Waals surface area contributed by atoms with E-state index >= 15 is 0 Å². The molecule has 3 aromatic rings. The summed E-state index contributed by atoms with van der Waals surface area (Å²) in [5.41, 5.74) is 0.122. The molecule has 0 aliphatic rings. The number of ether oxygens (including phenoxy) is 3. The number of aromatic nitrogens is 3. The molecule has 144 valence electrons. The number of nitrogens with one attached hydrogen (secondary N) is 2. The summed E-state index contributed by atoms with van der Waals surface area (Å²) in [5.74, 6) is 1.40. The first-order valence-electron chi connectivity index (χ1n) is 8.33. The Hall–Kier alpha value is -3.81. The molecule has 2 N–H and O–H groups in total. The Morgan fingerprint density at radius 3 is 1.96 bits per heavy atom. The maximum atomic E-state index is 12.5. The maximum Gasteiger partial charge on any atom is 0.272 e. The lowest BCUT2D eigenvalue weighted by atomic mass is 10.1. The Bertz CT molecular complexity index is 1190. The highest BCUT2D eigenvalue weighted by Gasteiger charge is 2.11. The number of benzene rings is 1. The van der Waals surface area contributed by atoms with Gasteiger partial charge in [-0.3, -0.25) is 14.6 Å². The molecule has 0 bridgehead atoms. The van der Waals surface area contributed by atoms with Crippen LogP contribution in [0.15, 0.2) is 46.1 Å². The van der Waals surface area contributed by atoms with E-state index in [1.807, 2.05) is 0 Å². The highest BCUT2D eigenvalue weighted by molar-refractivity contribution is 5.66. The van der Waals surface area contributed by atoms with Crippen molar-refractivity contribution in [3.63, 3.8) is 0 Å². The normalized spacial score (nSPS) is 12.1. The van der Waals surface area contributed by atoms with Crippen molar-refractivity contribution in [1.82, 2.24) is 15.0 Å². The van der Waals surface area contributed by atoms with Crippen LogP contribution < -0.4 is 36.0 Å². The van der Waals surface area contributed by atoms with Crippen LogP contribution in [0, 0.1) is 0 Å². The fourth-order valence-corrected chi connectivity index (χ4v) is 2.62. The van der Waals surface area contributed by atoms with Gasteiger partial charge in [0.25, 0.3) is 11.1 Å². The number of nitrogens with zero attached hydrogens (tertiary/aromatic N) is 1. The van der Waals surface area contributed by atoms with E-state index in [4.69, 9.17) is 14.2 Å². The van der Waals surface area contributed by atoms with Gasteiger partial charge in [-0.05, 0) is 24.3 Å². The van der Waals surface area contributed by atoms with Crippen molar-refractivity contribution >= 4 is 12.2 Å². The molecule has 0 radical (unpaired) electrons. The number of H-pyrrole nitrogens is 2. The standard InChI is InChI=1S/C20H19N3O5/c1-26-13-9-17(27-2)14(18(10-13)28-3)11-16-20(25)22-15(19(24)23-16)8-12-6-4-5-7-21-12/h4-11H,1-3H3,(H,22,25)(H,23,24)/b15-8-,16-11-. The van der Waals surface area contributed by atoms with Gasteiger partial charge in [-0.1, -0.05) is 6.07 Å². The predicted octanol–water partition coefficient (Wildman–Crippen LogP) is 0.142. The Labute approximate surface area is 159 Å². The molecule has 0 aliphatic heterocycles. The van der Waals surface area contributed by atoms with Gasteiger partial charge < -0.3 is 24.2 Å². The van der Waals surface area contributed by atoms with Crippen molar-refractivity contribution in [2.45, 2.75) is 0 Å². The molecule has 2 aromatic heterocycles. The topological polar surface area (TPSA) is 106 Å². The van der Waals surface area contributed by atoms with E-state index in [0.29, 0.717) is 28.5 Å². The van der Waals surface area contributed by atoms with Gasteiger partial charge in [0.15, 0.2) is 0 Å². The average molecular weight is 381 g/mol. The molecule has 0 fully saturated rings. The average Bonchev–Trinajstić information content (AvgIpc) is 2.72. The second kappa shape index (κ2) is 8.26. The van der Waals surface area contributed by atoms with Crippen LogP contribution in [0.25, 0.3) is 12.2 Å². The zero-order chi connectivity index (χ0) is 20.1. The molecule has 1 aromatic carbocycles. The van der Waals surface area contributed by atoms with E-state index in [9.17, 15) is 9.59 Å². The Balaban J connectivity index is 2.20. The van der Waals surface area contributed by atoms with Crippen LogP contribution in [0.3, 0.4) is 0 Å². The van der Waals surface area contributed by atoms with E-state index in [2.05, 4.69) is 15.0 Å². The number of rotatable bonds is 5. The SMILES string of the molecule is COc1cc(OC)c(/C=c2\[nH]c(=O)/c(=C/c3ccccn3)[nH]c2=O)c(OC)c1. The van der Waals surface area contributed by atoms with Crippen molar-refractivity contribution in [3.8, 4) is 17.2 Å². The fraction of sp³-hybridized carbons (Fsp3) is 0.150. The van der Waals surface area contributed by atoms with Crippen molar-refractivity contribution < 1.29 is 14.2 Å². The molecular formula is C20H19N3O5. The minimum absolute atomic E-state index is 0.0601. The summed E-state index contributed by atoms with van der Waals surface area (Å²) in [7, 11) is 4.50. The monoisotopic (exact) mass is 381 g/mol. The quantitative estimate of drug-likeness (QED) is 0.651. The lowest BCUT2D eigenvalue weighted by molar-refractivity contribution is 0.374. The van der Waals surface area contributed by atoms with Gasteiger partial charge in [-0.15, -0.1) is 0 Å². The molecule has 0 saturated heterocycles. The number of methoxy groups -OCH3 is 3. The third-order valence-corrected chi connectivity index (χ3v) is 4.01. The Morgan fingerprint density at radius 1 is 0.857 bits per heavy atom. The van der Waals surface area contributed by atoms with Gasteiger partial charge in [0.2, 0.25) is 0 Å². The van der Waals surface area contributed by atoms with Crippen LogP contribution in [0.2, 0.25) is 0 Å². The largest absolute Gasteiger partial charge is 0.496 e. The highest BCUT2D eigenvalue weighted by atomic mass is 16.5. The van der Waals surface area contributed by atoms with E-state index < -0.39 is 11.1 Å². The van der Waals surface area contributed by atoms with Crippen LogP contribution >= 0.6 is 0 Å². The minimum Gasteiger partial charge on any atom is -0.496 e. The van der Waals surface area contributed by atoms with E-state index in [0.717, 1.165) is 0 Å². The van der Waals surface area contributed by atoms with Gasteiger partial charge in [0.05, 0.1) is 32.6 Å². The summed E-state index contributed by atoms with van der Waals surface area (Å²) >= 11 is 0. The third kappa shape index (κ3) is 3.96. The number of aromatic amines is 2. The smallest absolute Gasteiger partial charge is 0.272 e. The first-order chi connectivity index (χ1) is 13.5. The zero-order valence-electron chi connectivity index (χ0n) is 15.6. The van der Waals surface area contributed by atoms with Crippen LogP contribution in [0.4, 0.5) is 0 Å². The van der Waals surface area contributed by atoms with E-state index in [-0.39, 0.29) is 10.7 Å². The molecule has 0 atom stereocenters. The Morgan fingerprint density at radius 2 is 1.46 bits per heavy atom. The summed E-state index contributed by atoms with van der Waals surface area (Å²) in [6.07, 6.45) is 4.59. The first-order valence-corrected chi connectivity index (χ1v) is 8.33. The second-order valence-electron chi connectivity index (χ2n) is 5.72. The molecular weight excluding hydrogens is 362 g/mol. The second-order valence-corrected chi connectivity index (χ2v) is 5.72. The third-order valence-electron chi connectivity index (χ3n) is 4.01. The summed E-state index contributed by atoms with van der Waals surface area (Å²) in [4.78, 5) is 34.2. The van der Waals surface area contributed by atoms with Crippen LogP contribution in [0.1, 0.15) is 11.3 Å². The van der Waals surface area contributed by atoms with Gasteiger partial charge in [0, 0.05) is 18.3 Å². The molecule has 0 spiro atoms. The molecule has 0 amide bonds. The maximum absolute atomic E-state index is 12.5. The van der Waals surface area contributed by atoms with Crippen molar-refractivity contribution in [2.24, 2.45) is 0 Å². The molecule has 8 nitrogen and oxygen atoms in total. The predicted molar refractivity (Wildman–Crippen MR) is 104 cm³/mol. The Kier molecular flexibility index (Phi) is 5.59. The molecule has 3 rings (SSSR count). The van der Waals surface area contributed by atoms with Gasteiger partial charge in [-0.25, -0.2) is 0 Å². The summed E-state index contributed by atoms with van der Waals surface area (Å²) in [6, 6.07) is 8.59. The van der Waals surface area contributed by atoms with E-state index in [1.165, 1.54) is 33.5 Å². The van der Waals surface area contributed by atoms with Gasteiger partial charge >= 0.3 is 0 Å². The lowest BCUT2D eigenvalue weighted by Gasteiger charge is -2.12. The number of hydrogen-bond donors (Lipinski definition) is 2. The van der Waals surface area contributed by atoms with Crippen molar-refractivity contribution in [2.75, 3.05) is 21.3 Å².